The fourth-order valence-corrected chi connectivity index (χ4v) is 3.66. The highest BCUT2D eigenvalue weighted by molar-refractivity contribution is 5.86. The second-order valence-electron chi connectivity index (χ2n) is 7.06. The van der Waals surface area contributed by atoms with Crippen LogP contribution < -0.4 is 0 Å². The molecule has 124 valence electrons. The second kappa shape index (κ2) is 8.15. The van der Waals surface area contributed by atoms with Crippen LogP contribution in [-0.4, -0.2) is 0 Å². The standard InChI is InChI=1S/C24H28/c1-19-10-8-13-21(18-19)12-5-3-4-11-20(2)23-17-9-15-22-14-6-7-16-24(22)23/h6-10,13-18,20H,3-5,11-12H2,1-2H3/t20-/m0/s1. The Hall–Kier alpha value is -2.08. The Morgan fingerprint density at radius 2 is 1.58 bits per heavy atom. The van der Waals surface area contributed by atoms with E-state index in [1.54, 1.807) is 0 Å². The SMILES string of the molecule is Cc1cccc(CCCCC[C@H](C)c2cccc3ccccc23)c1. The molecule has 3 rings (SSSR count). The van der Waals surface area contributed by atoms with E-state index in [0.29, 0.717) is 5.92 Å². The van der Waals surface area contributed by atoms with E-state index in [4.69, 9.17) is 0 Å². The first-order chi connectivity index (χ1) is 11.7. The van der Waals surface area contributed by atoms with Crippen molar-refractivity contribution in [2.75, 3.05) is 0 Å². The van der Waals surface area contributed by atoms with E-state index in [0.717, 1.165) is 0 Å². The van der Waals surface area contributed by atoms with Crippen molar-refractivity contribution in [1.29, 1.82) is 0 Å². The van der Waals surface area contributed by atoms with Crippen LogP contribution in [0.3, 0.4) is 0 Å². The summed E-state index contributed by atoms with van der Waals surface area (Å²) in [6.07, 6.45) is 6.43. The third kappa shape index (κ3) is 4.26. The minimum Gasteiger partial charge on any atom is -0.0617 e. The highest BCUT2D eigenvalue weighted by Crippen LogP contribution is 2.29. The summed E-state index contributed by atoms with van der Waals surface area (Å²) in [6.45, 7) is 4.55. The maximum absolute atomic E-state index is 2.38. The minimum absolute atomic E-state index is 0.634. The molecule has 0 unspecified atom stereocenters. The van der Waals surface area contributed by atoms with Crippen molar-refractivity contribution in [3.63, 3.8) is 0 Å². The lowest BCUT2D eigenvalue weighted by molar-refractivity contribution is 0.586. The van der Waals surface area contributed by atoms with E-state index in [1.165, 1.54) is 59.6 Å². The van der Waals surface area contributed by atoms with Gasteiger partial charge in [0.1, 0.15) is 0 Å². The average Bonchev–Trinajstić information content (AvgIpc) is 2.61. The van der Waals surface area contributed by atoms with E-state index in [-0.39, 0.29) is 0 Å². The number of fused-ring (bicyclic) bond motifs is 1. The van der Waals surface area contributed by atoms with E-state index in [9.17, 15) is 0 Å². The van der Waals surface area contributed by atoms with Crippen LogP contribution in [0.15, 0.2) is 66.7 Å². The molecule has 1 atom stereocenters. The van der Waals surface area contributed by atoms with Crippen molar-refractivity contribution in [3.8, 4) is 0 Å². The summed E-state index contributed by atoms with van der Waals surface area (Å²) in [6, 6.07) is 24.4. The predicted octanol–water partition coefficient (Wildman–Crippen LogP) is 7.05. The van der Waals surface area contributed by atoms with Crippen LogP contribution in [0, 0.1) is 6.92 Å². The van der Waals surface area contributed by atoms with E-state index >= 15 is 0 Å². The van der Waals surface area contributed by atoms with Gasteiger partial charge in [-0.15, -0.1) is 0 Å². The first kappa shape index (κ1) is 16.8. The van der Waals surface area contributed by atoms with Gasteiger partial charge in [0, 0.05) is 0 Å². The van der Waals surface area contributed by atoms with Gasteiger partial charge in [0.15, 0.2) is 0 Å². The molecule has 0 aliphatic carbocycles. The van der Waals surface area contributed by atoms with Gasteiger partial charge in [-0.2, -0.15) is 0 Å². The molecule has 0 nitrogen and oxygen atoms in total. The van der Waals surface area contributed by atoms with Gasteiger partial charge in [-0.25, -0.2) is 0 Å². The fraction of sp³-hybridized carbons (Fsp3) is 0.333. The zero-order valence-electron chi connectivity index (χ0n) is 15.0. The van der Waals surface area contributed by atoms with Crippen LogP contribution in [0.25, 0.3) is 10.8 Å². The largest absolute Gasteiger partial charge is 0.0617 e. The fourth-order valence-electron chi connectivity index (χ4n) is 3.66. The number of benzene rings is 3. The molecule has 0 fully saturated rings. The molecule has 3 aromatic carbocycles. The molecular formula is C24H28. The van der Waals surface area contributed by atoms with Gasteiger partial charge in [0.2, 0.25) is 0 Å². The summed E-state index contributed by atoms with van der Waals surface area (Å²) >= 11 is 0. The number of rotatable bonds is 7. The van der Waals surface area contributed by atoms with Crippen LogP contribution in [-0.2, 0) is 6.42 Å². The topological polar surface area (TPSA) is 0 Å². The molecule has 0 spiro atoms. The van der Waals surface area contributed by atoms with Crippen molar-refractivity contribution >= 4 is 10.8 Å². The summed E-state index contributed by atoms with van der Waals surface area (Å²) in [7, 11) is 0. The molecule has 0 saturated carbocycles. The molecule has 3 aromatic rings. The summed E-state index contributed by atoms with van der Waals surface area (Å²) in [5.41, 5.74) is 4.36. The average molecular weight is 316 g/mol. The molecule has 24 heavy (non-hydrogen) atoms. The van der Waals surface area contributed by atoms with Crippen molar-refractivity contribution < 1.29 is 0 Å². The molecule has 0 amide bonds. The molecule has 0 heterocycles. The maximum atomic E-state index is 2.38. The van der Waals surface area contributed by atoms with Gasteiger partial charge < -0.3 is 0 Å². The summed E-state index contributed by atoms with van der Waals surface area (Å²) in [4.78, 5) is 0. The third-order valence-electron chi connectivity index (χ3n) is 5.04. The number of unbranched alkanes of at least 4 members (excludes halogenated alkanes) is 2. The maximum Gasteiger partial charge on any atom is -0.0149 e. The van der Waals surface area contributed by atoms with E-state index < -0.39 is 0 Å². The Balaban J connectivity index is 1.49. The summed E-state index contributed by atoms with van der Waals surface area (Å²) < 4.78 is 0. The first-order valence-electron chi connectivity index (χ1n) is 9.27. The Morgan fingerprint density at radius 1 is 0.792 bits per heavy atom. The normalized spacial score (nSPS) is 12.4. The van der Waals surface area contributed by atoms with Crippen molar-refractivity contribution in [1.82, 2.24) is 0 Å². The van der Waals surface area contributed by atoms with E-state index in [2.05, 4.69) is 80.6 Å². The molecule has 0 radical (unpaired) electrons. The first-order valence-corrected chi connectivity index (χ1v) is 9.27. The molecular weight excluding hydrogens is 288 g/mol. The zero-order valence-corrected chi connectivity index (χ0v) is 15.0. The highest BCUT2D eigenvalue weighted by atomic mass is 14.1. The van der Waals surface area contributed by atoms with Crippen molar-refractivity contribution in [3.05, 3.63) is 83.4 Å². The molecule has 0 aromatic heterocycles. The Kier molecular flexibility index (Phi) is 5.69. The molecule has 0 aliphatic rings. The van der Waals surface area contributed by atoms with Crippen molar-refractivity contribution in [2.45, 2.75) is 51.9 Å². The van der Waals surface area contributed by atoms with Gasteiger partial charge in [-0.05, 0) is 54.0 Å². The van der Waals surface area contributed by atoms with Crippen molar-refractivity contribution in [2.24, 2.45) is 0 Å². The van der Waals surface area contributed by atoms with Crippen LogP contribution in [0.2, 0.25) is 0 Å². The molecule has 0 heteroatoms. The number of hydrogen-bond donors (Lipinski definition) is 0. The Bertz CT molecular complexity index is 779. The van der Waals surface area contributed by atoms with Gasteiger partial charge >= 0.3 is 0 Å². The van der Waals surface area contributed by atoms with Gasteiger partial charge in [-0.3, -0.25) is 0 Å². The lowest BCUT2D eigenvalue weighted by atomic mass is 9.90. The highest BCUT2D eigenvalue weighted by Gasteiger charge is 2.08. The number of hydrogen-bond acceptors (Lipinski definition) is 0. The van der Waals surface area contributed by atoms with Crippen LogP contribution in [0.5, 0.6) is 0 Å². The summed E-state index contributed by atoms with van der Waals surface area (Å²) in [5, 5.41) is 2.79. The lowest BCUT2D eigenvalue weighted by Gasteiger charge is -2.14. The Labute approximate surface area is 146 Å². The van der Waals surface area contributed by atoms with Gasteiger partial charge in [-0.1, -0.05) is 92.1 Å². The molecule has 0 N–H and O–H groups in total. The summed E-state index contributed by atoms with van der Waals surface area (Å²) in [5.74, 6) is 0.634. The number of aryl methyl sites for hydroxylation is 2. The predicted molar refractivity (Wildman–Crippen MR) is 106 cm³/mol. The van der Waals surface area contributed by atoms with Crippen LogP contribution in [0.4, 0.5) is 0 Å². The minimum atomic E-state index is 0.634. The quantitative estimate of drug-likeness (QED) is 0.409. The second-order valence-corrected chi connectivity index (χ2v) is 7.06. The van der Waals surface area contributed by atoms with Gasteiger partial charge in [0.25, 0.3) is 0 Å². The molecule has 0 saturated heterocycles. The zero-order chi connectivity index (χ0) is 16.8. The lowest BCUT2D eigenvalue weighted by Crippen LogP contribution is -1.95. The third-order valence-corrected chi connectivity index (χ3v) is 5.04. The van der Waals surface area contributed by atoms with Crippen LogP contribution in [0.1, 0.15) is 55.2 Å². The van der Waals surface area contributed by atoms with E-state index in [1.807, 2.05) is 0 Å². The van der Waals surface area contributed by atoms with Gasteiger partial charge in [0.05, 0.1) is 0 Å². The Morgan fingerprint density at radius 3 is 2.46 bits per heavy atom. The molecule has 0 aliphatic heterocycles. The molecule has 0 bridgehead atoms. The smallest absolute Gasteiger partial charge is 0.0149 e. The van der Waals surface area contributed by atoms with Crippen LogP contribution >= 0.6 is 0 Å². The monoisotopic (exact) mass is 316 g/mol.